The smallest absolute Gasteiger partial charge is 0.257 e. The molecule has 6 nitrogen and oxygen atoms in total. The van der Waals surface area contributed by atoms with E-state index in [9.17, 15) is 4.79 Å². The second-order valence-electron chi connectivity index (χ2n) is 6.79. The number of amides is 1. The number of nitrogens with one attached hydrogen (secondary N) is 1. The summed E-state index contributed by atoms with van der Waals surface area (Å²) in [5.74, 6) is 0.462. The van der Waals surface area contributed by atoms with E-state index in [-0.39, 0.29) is 12.5 Å². The lowest BCUT2D eigenvalue weighted by Crippen LogP contribution is -2.47. The van der Waals surface area contributed by atoms with Gasteiger partial charge in [0.05, 0.1) is 11.6 Å². The molecule has 0 aromatic heterocycles. The molecule has 1 aliphatic heterocycles. The van der Waals surface area contributed by atoms with Crippen molar-refractivity contribution >= 4 is 11.6 Å². The molecule has 0 aliphatic carbocycles. The third kappa shape index (κ3) is 6.00. The van der Waals surface area contributed by atoms with Gasteiger partial charge >= 0.3 is 0 Å². The van der Waals surface area contributed by atoms with Crippen LogP contribution >= 0.6 is 0 Å². The zero-order valence-corrected chi connectivity index (χ0v) is 16.0. The van der Waals surface area contributed by atoms with Gasteiger partial charge in [0, 0.05) is 38.4 Å². The van der Waals surface area contributed by atoms with Crippen LogP contribution in [0.5, 0.6) is 5.75 Å². The molecule has 2 aromatic rings. The number of nitriles is 1. The summed E-state index contributed by atoms with van der Waals surface area (Å²) in [4.78, 5) is 16.7. The van der Waals surface area contributed by atoms with Crippen LogP contribution in [0.4, 0.5) is 5.69 Å². The number of benzene rings is 2. The van der Waals surface area contributed by atoms with Crippen molar-refractivity contribution in [1.29, 1.82) is 5.26 Å². The number of hydrogen-bond donors (Lipinski definition) is 1. The van der Waals surface area contributed by atoms with Gasteiger partial charge in [-0.25, -0.2) is 0 Å². The Hall–Kier alpha value is -3.04. The zero-order valence-electron chi connectivity index (χ0n) is 16.0. The van der Waals surface area contributed by atoms with Crippen molar-refractivity contribution in [2.24, 2.45) is 0 Å². The molecule has 1 fully saturated rings. The molecule has 0 unspecified atom stereocenters. The van der Waals surface area contributed by atoms with E-state index < -0.39 is 0 Å². The molecule has 1 aliphatic rings. The van der Waals surface area contributed by atoms with E-state index in [2.05, 4.69) is 39.4 Å². The van der Waals surface area contributed by atoms with Crippen LogP contribution in [0.3, 0.4) is 0 Å². The summed E-state index contributed by atoms with van der Waals surface area (Å²) < 4.78 is 5.43. The van der Waals surface area contributed by atoms with Gasteiger partial charge in [0.25, 0.3) is 5.91 Å². The molecule has 0 spiro atoms. The van der Waals surface area contributed by atoms with Gasteiger partial charge in [-0.15, -0.1) is 0 Å². The number of nitrogens with zero attached hydrogens (tertiary/aromatic N) is 3. The fourth-order valence-electron chi connectivity index (χ4n) is 3.22. The van der Waals surface area contributed by atoms with Crippen LogP contribution in [0.2, 0.25) is 0 Å². The third-order valence-electron chi connectivity index (χ3n) is 4.82. The van der Waals surface area contributed by atoms with E-state index in [1.165, 1.54) is 5.69 Å². The van der Waals surface area contributed by atoms with E-state index >= 15 is 0 Å². The molecule has 1 N–H and O–H groups in total. The summed E-state index contributed by atoms with van der Waals surface area (Å²) in [6, 6.07) is 19.3. The lowest BCUT2D eigenvalue weighted by Gasteiger charge is -2.36. The molecule has 0 atom stereocenters. The second kappa shape index (κ2) is 10.3. The van der Waals surface area contributed by atoms with Crippen LogP contribution in [-0.4, -0.2) is 56.7 Å². The van der Waals surface area contributed by atoms with Crippen molar-refractivity contribution in [3.8, 4) is 11.8 Å². The second-order valence-corrected chi connectivity index (χ2v) is 6.79. The van der Waals surface area contributed by atoms with E-state index in [1.54, 1.807) is 24.3 Å². The molecule has 0 bridgehead atoms. The van der Waals surface area contributed by atoms with Crippen molar-refractivity contribution in [3.63, 3.8) is 0 Å². The van der Waals surface area contributed by atoms with Gasteiger partial charge in [0.2, 0.25) is 0 Å². The van der Waals surface area contributed by atoms with Crippen molar-refractivity contribution < 1.29 is 9.53 Å². The highest BCUT2D eigenvalue weighted by Crippen LogP contribution is 2.15. The summed E-state index contributed by atoms with van der Waals surface area (Å²) in [6.07, 6.45) is 0.925. The number of para-hydroxylation sites is 1. The Morgan fingerprint density at radius 3 is 2.43 bits per heavy atom. The van der Waals surface area contributed by atoms with Gasteiger partial charge in [0.1, 0.15) is 5.75 Å². The Morgan fingerprint density at radius 2 is 1.75 bits per heavy atom. The normalized spacial score (nSPS) is 14.3. The predicted octanol–water partition coefficient (Wildman–Crippen LogP) is 2.27. The van der Waals surface area contributed by atoms with Gasteiger partial charge in [-0.2, -0.15) is 5.26 Å². The van der Waals surface area contributed by atoms with E-state index in [4.69, 9.17) is 10.00 Å². The number of ether oxygens (including phenoxy) is 1. The number of hydrogen-bond acceptors (Lipinski definition) is 5. The maximum absolute atomic E-state index is 11.9. The molecule has 0 radical (unpaired) electrons. The lowest BCUT2D eigenvalue weighted by molar-refractivity contribution is -0.123. The number of piperazine rings is 1. The lowest BCUT2D eigenvalue weighted by atomic mass is 10.2. The maximum Gasteiger partial charge on any atom is 0.257 e. The van der Waals surface area contributed by atoms with Crippen LogP contribution in [0, 0.1) is 11.3 Å². The quantitative estimate of drug-likeness (QED) is 0.714. The Kier molecular flexibility index (Phi) is 7.28. The Balaban J connectivity index is 1.26. The molecule has 1 heterocycles. The first-order valence-electron chi connectivity index (χ1n) is 9.66. The molecular weight excluding hydrogens is 352 g/mol. The van der Waals surface area contributed by atoms with Crippen LogP contribution in [-0.2, 0) is 4.79 Å². The molecule has 6 heteroatoms. The Morgan fingerprint density at radius 1 is 1.04 bits per heavy atom. The molecular formula is C22H26N4O2. The summed E-state index contributed by atoms with van der Waals surface area (Å²) in [5.41, 5.74) is 1.86. The van der Waals surface area contributed by atoms with Crippen LogP contribution in [0.1, 0.15) is 12.0 Å². The van der Waals surface area contributed by atoms with E-state index in [1.807, 2.05) is 12.1 Å². The van der Waals surface area contributed by atoms with E-state index in [0.29, 0.717) is 17.9 Å². The topological polar surface area (TPSA) is 68.6 Å². The predicted molar refractivity (Wildman–Crippen MR) is 109 cm³/mol. The highest BCUT2D eigenvalue weighted by atomic mass is 16.5. The molecule has 3 rings (SSSR count). The molecule has 0 saturated carbocycles. The third-order valence-corrected chi connectivity index (χ3v) is 4.82. The minimum Gasteiger partial charge on any atom is -0.484 e. The molecule has 1 saturated heterocycles. The maximum atomic E-state index is 11.9. The van der Waals surface area contributed by atoms with Crippen molar-refractivity contribution in [3.05, 3.63) is 60.2 Å². The van der Waals surface area contributed by atoms with Crippen LogP contribution < -0.4 is 15.0 Å². The van der Waals surface area contributed by atoms with Crippen molar-refractivity contribution in [1.82, 2.24) is 10.2 Å². The fraction of sp³-hybridized carbons (Fsp3) is 0.364. The SMILES string of the molecule is N#Cc1ccc(OCC(=O)NCCCN2CCN(c3ccccc3)CC2)cc1. The first kappa shape index (κ1) is 19.7. The first-order valence-corrected chi connectivity index (χ1v) is 9.66. The van der Waals surface area contributed by atoms with Crippen molar-refractivity contribution in [2.45, 2.75) is 6.42 Å². The highest BCUT2D eigenvalue weighted by Gasteiger charge is 2.16. The zero-order chi connectivity index (χ0) is 19.6. The number of anilines is 1. The van der Waals surface area contributed by atoms with Gasteiger partial charge in [-0.05, 0) is 49.4 Å². The van der Waals surface area contributed by atoms with Gasteiger partial charge < -0.3 is 15.0 Å². The molecule has 146 valence electrons. The molecule has 1 amide bonds. The standard InChI is InChI=1S/C22H26N4O2/c23-17-19-7-9-21(10-8-19)28-18-22(27)24-11-4-12-25-13-15-26(16-14-25)20-5-2-1-3-6-20/h1-3,5-10H,4,11-16,18H2,(H,24,27). The van der Waals surface area contributed by atoms with Gasteiger partial charge in [-0.3, -0.25) is 9.69 Å². The number of rotatable bonds is 8. The minimum atomic E-state index is -0.127. The fourth-order valence-corrected chi connectivity index (χ4v) is 3.22. The van der Waals surface area contributed by atoms with E-state index in [0.717, 1.165) is 39.1 Å². The first-order chi connectivity index (χ1) is 13.7. The van der Waals surface area contributed by atoms with Crippen LogP contribution in [0.25, 0.3) is 0 Å². The Bertz CT molecular complexity index is 778. The summed E-state index contributed by atoms with van der Waals surface area (Å²) >= 11 is 0. The monoisotopic (exact) mass is 378 g/mol. The molecule has 2 aromatic carbocycles. The van der Waals surface area contributed by atoms with Crippen molar-refractivity contribution in [2.75, 3.05) is 50.8 Å². The summed E-state index contributed by atoms with van der Waals surface area (Å²) in [5, 5.41) is 11.7. The highest BCUT2D eigenvalue weighted by molar-refractivity contribution is 5.77. The largest absolute Gasteiger partial charge is 0.484 e. The average molecular weight is 378 g/mol. The summed E-state index contributed by atoms with van der Waals surface area (Å²) in [7, 11) is 0. The number of carbonyl (C=O) groups excluding carboxylic acids is 1. The van der Waals surface area contributed by atoms with Gasteiger partial charge in [0.15, 0.2) is 6.61 Å². The number of carbonyl (C=O) groups is 1. The minimum absolute atomic E-state index is 0.0123. The molecule has 28 heavy (non-hydrogen) atoms. The Labute approximate surface area is 166 Å². The average Bonchev–Trinajstić information content (AvgIpc) is 2.76. The van der Waals surface area contributed by atoms with Gasteiger partial charge in [-0.1, -0.05) is 18.2 Å². The summed E-state index contributed by atoms with van der Waals surface area (Å²) in [6.45, 7) is 5.79. The van der Waals surface area contributed by atoms with Crippen LogP contribution in [0.15, 0.2) is 54.6 Å².